The minimum absolute atomic E-state index is 0.363. The fraction of sp³-hybridized carbons (Fsp3) is 0.500. The predicted octanol–water partition coefficient (Wildman–Crippen LogP) is 3.63. The number of rotatable bonds is 4. The normalized spacial score (nSPS) is 34.2. The van der Waals surface area contributed by atoms with Gasteiger partial charge in [0.25, 0.3) is 0 Å². The van der Waals surface area contributed by atoms with Gasteiger partial charge in [0, 0.05) is 6.92 Å². The number of ether oxygens (including phenoxy) is 2. The van der Waals surface area contributed by atoms with Gasteiger partial charge in [-0.2, -0.15) is 15.8 Å². The molecule has 2 aliphatic heterocycles. The van der Waals surface area contributed by atoms with E-state index >= 15 is 0 Å². The summed E-state index contributed by atoms with van der Waals surface area (Å²) in [5, 5.41) is 38.7. The number of nitrogens with zero attached hydrogens (tertiary/aromatic N) is 3. The number of benzene rings is 1. The van der Waals surface area contributed by atoms with Gasteiger partial charge in [-0.1, -0.05) is 50.1 Å². The first-order chi connectivity index (χ1) is 12.5. The van der Waals surface area contributed by atoms with Crippen LogP contribution in [0, 0.1) is 50.2 Å². The molecule has 2 bridgehead atoms. The summed E-state index contributed by atoms with van der Waals surface area (Å²) in [5.74, 6) is -2.38. The first kappa shape index (κ1) is 17.9. The van der Waals surface area contributed by atoms with Crippen LogP contribution in [0.3, 0.4) is 0 Å². The van der Waals surface area contributed by atoms with Crippen LogP contribution in [0.25, 0.3) is 0 Å². The van der Waals surface area contributed by atoms with E-state index in [0.717, 1.165) is 12.8 Å². The standard InChI is InChI=1S/C20H20N4O2/c1-3-4-10-15-19(11-21,12-22)20(13-23)16(14-8-6-5-7-9-14)18(2,25-15)26-17(20)24/h5-9,15-16,24H,3-4,10H2,1-2H3. The van der Waals surface area contributed by atoms with Gasteiger partial charge in [-0.3, -0.25) is 5.41 Å². The van der Waals surface area contributed by atoms with Crippen molar-refractivity contribution in [2.24, 2.45) is 10.8 Å². The van der Waals surface area contributed by atoms with Crippen LogP contribution in [0.1, 0.15) is 44.6 Å². The minimum atomic E-state index is -1.81. The second kappa shape index (κ2) is 6.13. The summed E-state index contributed by atoms with van der Waals surface area (Å²) in [7, 11) is 0. The van der Waals surface area contributed by atoms with Crippen molar-refractivity contribution in [3.05, 3.63) is 35.9 Å². The summed E-state index contributed by atoms with van der Waals surface area (Å²) in [6, 6.07) is 15.4. The number of fused-ring (bicyclic) bond motifs is 2. The Balaban J connectivity index is 2.29. The second-order valence-electron chi connectivity index (χ2n) is 6.99. The highest BCUT2D eigenvalue weighted by molar-refractivity contribution is 5.90. The molecule has 2 fully saturated rings. The Bertz CT molecular complexity index is 833. The third-order valence-corrected chi connectivity index (χ3v) is 5.58. The first-order valence-electron chi connectivity index (χ1n) is 8.70. The molecule has 0 spiro atoms. The molecule has 2 aliphatic rings. The third-order valence-electron chi connectivity index (χ3n) is 5.58. The van der Waals surface area contributed by atoms with Gasteiger partial charge in [-0.05, 0) is 12.0 Å². The van der Waals surface area contributed by atoms with Gasteiger partial charge in [-0.25, -0.2) is 0 Å². The van der Waals surface area contributed by atoms with Crippen LogP contribution in [-0.2, 0) is 9.47 Å². The zero-order chi connectivity index (χ0) is 19.0. The molecule has 0 radical (unpaired) electrons. The summed E-state index contributed by atoms with van der Waals surface area (Å²) >= 11 is 0. The lowest BCUT2D eigenvalue weighted by Gasteiger charge is -2.48. The zero-order valence-corrected chi connectivity index (χ0v) is 14.8. The van der Waals surface area contributed by atoms with E-state index in [4.69, 9.17) is 14.9 Å². The van der Waals surface area contributed by atoms with Crippen molar-refractivity contribution in [2.75, 3.05) is 0 Å². The van der Waals surface area contributed by atoms with Crippen LogP contribution in [0.4, 0.5) is 0 Å². The number of unbranched alkanes of at least 4 members (excludes halogenated alkanes) is 1. The Labute approximate surface area is 153 Å². The summed E-state index contributed by atoms with van der Waals surface area (Å²) in [4.78, 5) is 0. The molecule has 26 heavy (non-hydrogen) atoms. The lowest BCUT2D eigenvalue weighted by atomic mass is 9.52. The smallest absolute Gasteiger partial charge is 0.218 e. The van der Waals surface area contributed by atoms with Gasteiger partial charge in [0.05, 0.1) is 30.2 Å². The van der Waals surface area contributed by atoms with E-state index in [1.54, 1.807) is 6.92 Å². The van der Waals surface area contributed by atoms with E-state index in [1.807, 2.05) is 37.3 Å². The highest BCUT2D eigenvalue weighted by Crippen LogP contribution is 2.66. The molecule has 1 N–H and O–H groups in total. The summed E-state index contributed by atoms with van der Waals surface area (Å²) in [5.41, 5.74) is -2.82. The zero-order valence-electron chi connectivity index (χ0n) is 14.8. The topological polar surface area (TPSA) is 114 Å². The number of hydrogen-bond donors (Lipinski definition) is 1. The monoisotopic (exact) mass is 348 g/mol. The van der Waals surface area contributed by atoms with Crippen molar-refractivity contribution in [1.82, 2.24) is 0 Å². The molecule has 6 nitrogen and oxygen atoms in total. The minimum Gasteiger partial charge on any atom is -0.447 e. The van der Waals surface area contributed by atoms with Crippen LogP contribution in [0.5, 0.6) is 0 Å². The molecule has 1 aromatic rings. The fourth-order valence-corrected chi connectivity index (χ4v) is 4.40. The van der Waals surface area contributed by atoms with Crippen LogP contribution >= 0.6 is 0 Å². The molecule has 1 aromatic carbocycles. The maximum atomic E-state index is 10.2. The summed E-state index contributed by atoms with van der Waals surface area (Å²) in [6.45, 7) is 3.70. The molecule has 0 amide bonds. The van der Waals surface area contributed by atoms with Gasteiger partial charge in [0.15, 0.2) is 10.8 Å². The van der Waals surface area contributed by atoms with E-state index in [-0.39, 0.29) is 5.90 Å². The Morgan fingerprint density at radius 2 is 1.77 bits per heavy atom. The highest BCUT2D eigenvalue weighted by atomic mass is 16.7. The molecular formula is C20H20N4O2. The number of nitriles is 3. The maximum Gasteiger partial charge on any atom is 0.218 e. The van der Waals surface area contributed by atoms with E-state index in [1.165, 1.54) is 0 Å². The summed E-state index contributed by atoms with van der Waals surface area (Å²) in [6.07, 6.45) is 1.26. The van der Waals surface area contributed by atoms with Crippen molar-refractivity contribution in [1.29, 1.82) is 21.2 Å². The van der Waals surface area contributed by atoms with E-state index < -0.39 is 28.6 Å². The molecule has 132 valence electrons. The Morgan fingerprint density at radius 3 is 2.31 bits per heavy atom. The maximum absolute atomic E-state index is 10.2. The van der Waals surface area contributed by atoms with Crippen molar-refractivity contribution >= 4 is 5.90 Å². The molecule has 3 rings (SSSR count). The highest BCUT2D eigenvalue weighted by Gasteiger charge is 2.79. The molecule has 0 saturated carbocycles. The molecule has 4 unspecified atom stereocenters. The number of nitrogens with one attached hydrogen (secondary N) is 1. The van der Waals surface area contributed by atoms with Gasteiger partial charge >= 0.3 is 0 Å². The average molecular weight is 348 g/mol. The molecule has 2 saturated heterocycles. The predicted molar refractivity (Wildman–Crippen MR) is 92.5 cm³/mol. The van der Waals surface area contributed by atoms with Crippen molar-refractivity contribution in [3.63, 3.8) is 0 Å². The largest absolute Gasteiger partial charge is 0.447 e. The van der Waals surface area contributed by atoms with Crippen molar-refractivity contribution in [3.8, 4) is 18.2 Å². The third kappa shape index (κ3) is 2.02. The first-order valence-corrected chi connectivity index (χ1v) is 8.70. The average Bonchev–Trinajstić information content (AvgIpc) is 2.84. The van der Waals surface area contributed by atoms with Crippen LogP contribution in [-0.4, -0.2) is 17.8 Å². The van der Waals surface area contributed by atoms with Crippen LogP contribution < -0.4 is 0 Å². The molecule has 4 atom stereocenters. The van der Waals surface area contributed by atoms with Crippen LogP contribution in [0.2, 0.25) is 0 Å². The van der Waals surface area contributed by atoms with Crippen LogP contribution in [0.15, 0.2) is 30.3 Å². The van der Waals surface area contributed by atoms with Gasteiger partial charge in [0.1, 0.15) is 0 Å². The van der Waals surface area contributed by atoms with E-state index in [0.29, 0.717) is 12.0 Å². The fourth-order valence-electron chi connectivity index (χ4n) is 4.40. The van der Waals surface area contributed by atoms with Crippen molar-refractivity contribution < 1.29 is 9.47 Å². The van der Waals surface area contributed by atoms with Gasteiger partial charge in [0.2, 0.25) is 11.7 Å². The Hall–Kier alpha value is -2.88. The van der Waals surface area contributed by atoms with Crippen molar-refractivity contribution in [2.45, 2.75) is 50.9 Å². The molecule has 0 aromatic heterocycles. The Morgan fingerprint density at radius 1 is 1.12 bits per heavy atom. The SMILES string of the molecule is CCCCC1OC2(C)OC(=N)C(C#N)(C2c2ccccc2)C1(C#N)C#N. The quantitative estimate of drug-likeness (QED) is 0.892. The van der Waals surface area contributed by atoms with Gasteiger partial charge < -0.3 is 9.47 Å². The molecule has 6 heteroatoms. The lowest BCUT2D eigenvalue weighted by Crippen LogP contribution is -2.60. The van der Waals surface area contributed by atoms with E-state index in [2.05, 4.69) is 18.2 Å². The summed E-state index contributed by atoms with van der Waals surface area (Å²) < 4.78 is 11.9. The molecular weight excluding hydrogens is 328 g/mol. The lowest BCUT2D eigenvalue weighted by molar-refractivity contribution is -0.251. The molecule has 2 heterocycles. The Kier molecular flexibility index (Phi) is 4.23. The second-order valence-corrected chi connectivity index (χ2v) is 6.99. The van der Waals surface area contributed by atoms with Gasteiger partial charge in [-0.15, -0.1) is 0 Å². The number of hydrogen-bond acceptors (Lipinski definition) is 6. The molecule has 0 aliphatic carbocycles. The van der Waals surface area contributed by atoms with E-state index in [9.17, 15) is 15.8 Å².